The second-order valence-corrected chi connectivity index (χ2v) is 7.11. The third kappa shape index (κ3) is 2.69. The number of nitrogens with two attached hydrogens (primary N) is 1. The van der Waals surface area contributed by atoms with Crippen LogP contribution in [0.4, 0.5) is 4.79 Å². The van der Waals surface area contributed by atoms with Gasteiger partial charge in [-0.05, 0) is 25.0 Å². The average Bonchev–Trinajstić information content (AvgIpc) is 3.36. The number of ether oxygens (including phenoxy) is 1. The topological polar surface area (TPSA) is 95.9 Å². The Morgan fingerprint density at radius 3 is 2.69 bits per heavy atom. The van der Waals surface area contributed by atoms with E-state index in [9.17, 15) is 4.79 Å². The van der Waals surface area contributed by atoms with E-state index in [0.29, 0.717) is 5.92 Å². The van der Waals surface area contributed by atoms with E-state index < -0.39 is 6.09 Å². The van der Waals surface area contributed by atoms with Crippen molar-refractivity contribution < 1.29 is 9.53 Å². The predicted molar refractivity (Wildman–Crippen MR) is 95.5 cm³/mol. The first-order chi connectivity index (χ1) is 12.7. The monoisotopic (exact) mass is 349 g/mol. The fraction of sp³-hybridized carbons (Fsp3) is 0.368. The zero-order valence-electron chi connectivity index (χ0n) is 14.2. The third-order valence-corrected chi connectivity index (χ3v) is 5.18. The molecule has 0 unspecified atom stereocenters. The highest BCUT2D eigenvalue weighted by Crippen LogP contribution is 2.45. The minimum Gasteiger partial charge on any atom is -0.446 e. The van der Waals surface area contributed by atoms with Crippen molar-refractivity contribution in [2.24, 2.45) is 5.73 Å². The number of rotatable bonds is 4. The molecule has 2 N–H and O–H groups in total. The van der Waals surface area contributed by atoms with E-state index >= 15 is 0 Å². The van der Waals surface area contributed by atoms with E-state index in [0.717, 1.165) is 40.8 Å². The second-order valence-electron chi connectivity index (χ2n) is 7.11. The van der Waals surface area contributed by atoms with Crippen LogP contribution in [-0.2, 0) is 4.74 Å². The number of hydrogen-bond acceptors (Lipinski definition) is 5. The van der Waals surface area contributed by atoms with Crippen molar-refractivity contribution in [3.8, 4) is 11.3 Å². The molecule has 5 rings (SSSR count). The molecule has 2 aromatic heterocycles. The number of primary amides is 1. The fourth-order valence-electron chi connectivity index (χ4n) is 3.55. The highest BCUT2D eigenvalue weighted by Gasteiger charge is 2.36. The molecular formula is C19H19N5O2. The van der Waals surface area contributed by atoms with Crippen molar-refractivity contribution in [2.75, 3.05) is 0 Å². The minimum absolute atomic E-state index is 0.102. The maximum absolute atomic E-state index is 10.9. The van der Waals surface area contributed by atoms with Crippen LogP contribution in [-0.4, -0.2) is 31.9 Å². The molecule has 2 heterocycles. The van der Waals surface area contributed by atoms with Crippen molar-refractivity contribution in [1.82, 2.24) is 19.7 Å². The van der Waals surface area contributed by atoms with Gasteiger partial charge in [0.2, 0.25) is 0 Å². The number of amides is 1. The van der Waals surface area contributed by atoms with Gasteiger partial charge in [-0.15, -0.1) is 0 Å². The Labute approximate surface area is 150 Å². The lowest BCUT2D eigenvalue weighted by atomic mass is 9.89. The van der Waals surface area contributed by atoms with E-state index in [1.54, 1.807) is 0 Å². The van der Waals surface area contributed by atoms with E-state index in [1.807, 2.05) is 35.1 Å². The van der Waals surface area contributed by atoms with E-state index in [4.69, 9.17) is 20.6 Å². The molecule has 0 spiro atoms. The Bertz CT molecular complexity index is 989. The number of nitrogens with zero attached hydrogens (tertiary/aromatic N) is 4. The summed E-state index contributed by atoms with van der Waals surface area (Å²) in [6, 6.07) is 8.11. The Kier molecular flexibility index (Phi) is 3.41. The first kappa shape index (κ1) is 15.3. The fourth-order valence-corrected chi connectivity index (χ4v) is 3.55. The summed E-state index contributed by atoms with van der Waals surface area (Å²) in [4.78, 5) is 20.2. The maximum atomic E-state index is 10.9. The van der Waals surface area contributed by atoms with Gasteiger partial charge in [-0.1, -0.05) is 12.1 Å². The molecule has 26 heavy (non-hydrogen) atoms. The number of para-hydroxylation sites is 2. The van der Waals surface area contributed by atoms with Crippen molar-refractivity contribution in [1.29, 1.82) is 0 Å². The van der Waals surface area contributed by atoms with Gasteiger partial charge >= 0.3 is 6.09 Å². The van der Waals surface area contributed by atoms with Gasteiger partial charge in [0.25, 0.3) is 0 Å². The largest absolute Gasteiger partial charge is 0.446 e. The second kappa shape index (κ2) is 5.79. The highest BCUT2D eigenvalue weighted by molar-refractivity contribution is 5.77. The SMILES string of the molecule is NC(=O)OC1CC(n2cc(-c3cnc4ccccc4n3)c(C3CC3)n2)C1. The Morgan fingerprint density at radius 2 is 1.96 bits per heavy atom. The Morgan fingerprint density at radius 1 is 1.19 bits per heavy atom. The van der Waals surface area contributed by atoms with E-state index in [2.05, 4.69) is 11.2 Å². The quantitative estimate of drug-likeness (QED) is 0.780. The summed E-state index contributed by atoms with van der Waals surface area (Å²) in [6.45, 7) is 0. The molecule has 7 nitrogen and oxygen atoms in total. The summed E-state index contributed by atoms with van der Waals surface area (Å²) in [5.41, 5.74) is 9.89. The van der Waals surface area contributed by atoms with Gasteiger partial charge in [-0.25, -0.2) is 9.78 Å². The highest BCUT2D eigenvalue weighted by atomic mass is 16.6. The zero-order valence-corrected chi connectivity index (χ0v) is 14.2. The first-order valence-corrected chi connectivity index (χ1v) is 8.94. The number of benzene rings is 1. The maximum Gasteiger partial charge on any atom is 0.404 e. The van der Waals surface area contributed by atoms with E-state index in [-0.39, 0.29) is 12.1 Å². The van der Waals surface area contributed by atoms with Gasteiger partial charge in [0.1, 0.15) is 6.10 Å². The van der Waals surface area contributed by atoms with Gasteiger partial charge < -0.3 is 10.5 Å². The van der Waals surface area contributed by atoms with Gasteiger partial charge in [0.15, 0.2) is 0 Å². The van der Waals surface area contributed by atoms with Crippen LogP contribution in [0.5, 0.6) is 0 Å². The van der Waals surface area contributed by atoms with Crippen LogP contribution in [0.2, 0.25) is 0 Å². The molecule has 1 amide bonds. The lowest BCUT2D eigenvalue weighted by Gasteiger charge is -2.34. The first-order valence-electron chi connectivity index (χ1n) is 8.94. The van der Waals surface area contributed by atoms with Gasteiger partial charge in [-0.3, -0.25) is 9.67 Å². The molecule has 2 saturated carbocycles. The van der Waals surface area contributed by atoms with Crippen LogP contribution in [0.15, 0.2) is 36.7 Å². The molecule has 2 aliphatic carbocycles. The molecule has 1 aromatic carbocycles. The summed E-state index contributed by atoms with van der Waals surface area (Å²) in [5, 5.41) is 4.84. The van der Waals surface area contributed by atoms with Crippen molar-refractivity contribution in [2.45, 2.75) is 43.7 Å². The molecule has 3 aromatic rings. The van der Waals surface area contributed by atoms with E-state index in [1.165, 1.54) is 12.8 Å². The number of carbonyl (C=O) groups excluding carboxylic acids is 1. The number of hydrogen-bond donors (Lipinski definition) is 1. The van der Waals surface area contributed by atoms with Crippen LogP contribution in [0.1, 0.15) is 43.3 Å². The zero-order chi connectivity index (χ0) is 17.7. The van der Waals surface area contributed by atoms with Crippen LogP contribution >= 0.6 is 0 Å². The van der Waals surface area contributed by atoms with Crippen LogP contribution in [0.25, 0.3) is 22.3 Å². The van der Waals surface area contributed by atoms with Gasteiger partial charge in [-0.2, -0.15) is 5.10 Å². The normalized spacial score (nSPS) is 22.2. The summed E-state index contributed by atoms with van der Waals surface area (Å²) in [5.74, 6) is 0.511. The van der Waals surface area contributed by atoms with Gasteiger partial charge in [0.05, 0.1) is 34.7 Å². The smallest absolute Gasteiger partial charge is 0.404 e. The molecule has 7 heteroatoms. The summed E-state index contributed by atoms with van der Waals surface area (Å²) >= 11 is 0. The standard InChI is InChI=1S/C19H19N5O2/c20-19(25)26-13-7-12(8-13)24-10-14(18(23-24)11-5-6-11)17-9-21-15-3-1-2-4-16(15)22-17/h1-4,9-13H,5-8H2,(H2,20,25). The molecule has 0 bridgehead atoms. The Hall–Kier alpha value is -2.96. The third-order valence-electron chi connectivity index (χ3n) is 5.18. The van der Waals surface area contributed by atoms with Crippen LogP contribution in [0.3, 0.4) is 0 Å². The number of aromatic nitrogens is 4. The lowest BCUT2D eigenvalue weighted by molar-refractivity contribution is 0.0230. The molecule has 132 valence electrons. The van der Waals surface area contributed by atoms with Crippen LogP contribution < -0.4 is 5.73 Å². The van der Waals surface area contributed by atoms with Crippen molar-refractivity contribution in [3.05, 3.63) is 42.4 Å². The number of fused-ring (bicyclic) bond motifs is 1. The molecule has 0 saturated heterocycles. The molecule has 0 aliphatic heterocycles. The van der Waals surface area contributed by atoms with Crippen LogP contribution in [0, 0.1) is 0 Å². The number of carbonyl (C=O) groups is 1. The average molecular weight is 349 g/mol. The molecule has 2 aliphatic rings. The lowest BCUT2D eigenvalue weighted by Crippen LogP contribution is -2.36. The summed E-state index contributed by atoms with van der Waals surface area (Å²) < 4.78 is 7.04. The minimum atomic E-state index is -0.709. The molecular weight excluding hydrogens is 330 g/mol. The van der Waals surface area contributed by atoms with Gasteiger partial charge in [0, 0.05) is 30.5 Å². The van der Waals surface area contributed by atoms with Crippen molar-refractivity contribution in [3.63, 3.8) is 0 Å². The summed E-state index contributed by atoms with van der Waals surface area (Å²) in [6.07, 6.45) is 6.92. The predicted octanol–water partition coefficient (Wildman–Crippen LogP) is 3.17. The van der Waals surface area contributed by atoms with Crippen molar-refractivity contribution >= 4 is 17.1 Å². The Balaban J connectivity index is 1.46. The molecule has 2 fully saturated rings. The summed E-state index contributed by atoms with van der Waals surface area (Å²) in [7, 11) is 0. The molecule has 0 radical (unpaired) electrons. The molecule has 0 atom stereocenters.